The predicted molar refractivity (Wildman–Crippen MR) is 79.1 cm³/mol. The van der Waals surface area contributed by atoms with E-state index in [4.69, 9.17) is 18.9 Å². The molecule has 0 aromatic carbocycles. The van der Waals surface area contributed by atoms with Crippen molar-refractivity contribution in [1.29, 1.82) is 0 Å². The van der Waals surface area contributed by atoms with Gasteiger partial charge in [0, 0.05) is 13.2 Å². The fraction of sp³-hybridized carbons (Fsp3) is 1.00. The molecule has 20 heavy (non-hydrogen) atoms. The summed E-state index contributed by atoms with van der Waals surface area (Å²) in [6.07, 6.45) is 3.83. The minimum Gasteiger partial charge on any atom is -0.388 e. The highest BCUT2D eigenvalue weighted by atomic mass is 16.5. The smallest absolute Gasteiger partial charge is 0.101 e. The maximum atomic E-state index is 9.56. The van der Waals surface area contributed by atoms with Gasteiger partial charge in [-0.2, -0.15) is 0 Å². The first kappa shape index (κ1) is 19.8. The second kappa shape index (κ2) is 16.9. The van der Waals surface area contributed by atoms with Crippen LogP contribution in [0.3, 0.4) is 0 Å². The standard InChI is InChI=1S/C15H32O5/c1-3-5-7-17-9-10-18-11-12-20-14-15(16)13-19-8-6-4-2/h15-16H,3-14H2,1-2H3/t15-/m1/s1. The first-order valence-corrected chi connectivity index (χ1v) is 7.80. The zero-order valence-corrected chi connectivity index (χ0v) is 13.1. The third-order valence-corrected chi connectivity index (χ3v) is 2.65. The monoisotopic (exact) mass is 292 g/mol. The summed E-state index contributed by atoms with van der Waals surface area (Å²) in [6, 6.07) is 0. The quantitative estimate of drug-likeness (QED) is 0.441. The van der Waals surface area contributed by atoms with Crippen LogP contribution in [0.5, 0.6) is 0 Å². The van der Waals surface area contributed by atoms with Crippen molar-refractivity contribution in [3.8, 4) is 0 Å². The van der Waals surface area contributed by atoms with E-state index in [9.17, 15) is 5.11 Å². The Morgan fingerprint density at radius 3 is 1.60 bits per heavy atom. The van der Waals surface area contributed by atoms with Gasteiger partial charge in [-0.05, 0) is 12.8 Å². The molecular formula is C15H32O5. The van der Waals surface area contributed by atoms with Gasteiger partial charge in [0.05, 0.1) is 39.6 Å². The van der Waals surface area contributed by atoms with Crippen LogP contribution < -0.4 is 0 Å². The minimum absolute atomic E-state index is 0.294. The summed E-state index contributed by atoms with van der Waals surface area (Å²) in [7, 11) is 0. The van der Waals surface area contributed by atoms with Crippen molar-refractivity contribution in [2.24, 2.45) is 0 Å². The highest BCUT2D eigenvalue weighted by molar-refractivity contribution is 4.51. The third kappa shape index (κ3) is 15.9. The van der Waals surface area contributed by atoms with E-state index in [1.165, 1.54) is 0 Å². The van der Waals surface area contributed by atoms with Crippen LogP contribution in [-0.4, -0.2) is 64.1 Å². The molecule has 5 nitrogen and oxygen atoms in total. The molecule has 0 aromatic rings. The molecule has 0 aliphatic heterocycles. The van der Waals surface area contributed by atoms with E-state index in [1.807, 2.05) is 0 Å². The molecule has 0 aromatic heterocycles. The Morgan fingerprint density at radius 1 is 0.650 bits per heavy atom. The van der Waals surface area contributed by atoms with Crippen LogP contribution in [0, 0.1) is 0 Å². The van der Waals surface area contributed by atoms with E-state index >= 15 is 0 Å². The van der Waals surface area contributed by atoms with E-state index in [0.717, 1.165) is 32.3 Å². The molecule has 122 valence electrons. The average molecular weight is 292 g/mol. The Morgan fingerprint density at radius 2 is 1.05 bits per heavy atom. The topological polar surface area (TPSA) is 57.2 Å². The summed E-state index contributed by atoms with van der Waals surface area (Å²) >= 11 is 0. The molecule has 0 saturated carbocycles. The highest BCUT2D eigenvalue weighted by Crippen LogP contribution is 1.92. The van der Waals surface area contributed by atoms with E-state index in [0.29, 0.717) is 46.2 Å². The number of rotatable bonds is 16. The Bertz CT molecular complexity index is 178. The van der Waals surface area contributed by atoms with Crippen LogP contribution >= 0.6 is 0 Å². The van der Waals surface area contributed by atoms with Crippen molar-refractivity contribution in [3.05, 3.63) is 0 Å². The second-order valence-electron chi connectivity index (χ2n) is 4.74. The first-order valence-electron chi connectivity index (χ1n) is 7.80. The van der Waals surface area contributed by atoms with Gasteiger partial charge in [0.15, 0.2) is 0 Å². The van der Waals surface area contributed by atoms with Gasteiger partial charge in [-0.3, -0.25) is 0 Å². The van der Waals surface area contributed by atoms with Crippen molar-refractivity contribution in [2.75, 3.05) is 52.9 Å². The second-order valence-corrected chi connectivity index (χ2v) is 4.74. The van der Waals surface area contributed by atoms with Crippen molar-refractivity contribution in [1.82, 2.24) is 0 Å². The van der Waals surface area contributed by atoms with Crippen LogP contribution in [0.1, 0.15) is 39.5 Å². The minimum atomic E-state index is -0.552. The maximum absolute atomic E-state index is 9.56. The number of unbranched alkanes of at least 4 members (excludes halogenated alkanes) is 2. The Kier molecular flexibility index (Phi) is 16.7. The van der Waals surface area contributed by atoms with Crippen LogP contribution in [0.15, 0.2) is 0 Å². The summed E-state index contributed by atoms with van der Waals surface area (Å²) in [5.41, 5.74) is 0. The summed E-state index contributed by atoms with van der Waals surface area (Å²) in [5, 5.41) is 9.56. The largest absolute Gasteiger partial charge is 0.388 e. The summed E-state index contributed by atoms with van der Waals surface area (Å²) in [4.78, 5) is 0. The van der Waals surface area contributed by atoms with Crippen LogP contribution in [0.25, 0.3) is 0 Å². The van der Waals surface area contributed by atoms with Crippen LogP contribution in [0.4, 0.5) is 0 Å². The molecule has 0 unspecified atom stereocenters. The lowest BCUT2D eigenvalue weighted by Crippen LogP contribution is -2.23. The molecule has 0 aliphatic rings. The van der Waals surface area contributed by atoms with E-state index in [2.05, 4.69) is 13.8 Å². The Balaban J connectivity index is 3.07. The molecule has 0 saturated heterocycles. The predicted octanol–water partition coefficient (Wildman–Crippen LogP) is 2.01. The molecular weight excluding hydrogens is 260 g/mol. The van der Waals surface area contributed by atoms with Gasteiger partial charge >= 0.3 is 0 Å². The van der Waals surface area contributed by atoms with Gasteiger partial charge in [0.25, 0.3) is 0 Å². The van der Waals surface area contributed by atoms with Crippen molar-refractivity contribution >= 4 is 0 Å². The zero-order valence-electron chi connectivity index (χ0n) is 13.1. The Labute approximate surface area is 123 Å². The number of hydrogen-bond acceptors (Lipinski definition) is 5. The van der Waals surface area contributed by atoms with Crippen molar-refractivity contribution in [3.63, 3.8) is 0 Å². The SMILES string of the molecule is CCCCOCCOCCOC[C@H](O)COCCCC. The van der Waals surface area contributed by atoms with Gasteiger partial charge in [-0.1, -0.05) is 26.7 Å². The number of ether oxygens (including phenoxy) is 4. The molecule has 0 spiro atoms. The Hall–Kier alpha value is -0.200. The molecule has 0 heterocycles. The summed E-state index contributed by atoms with van der Waals surface area (Å²) < 4.78 is 21.3. The zero-order chi connectivity index (χ0) is 14.9. The molecule has 0 radical (unpaired) electrons. The molecule has 1 atom stereocenters. The van der Waals surface area contributed by atoms with Gasteiger partial charge in [-0.15, -0.1) is 0 Å². The van der Waals surface area contributed by atoms with Crippen molar-refractivity contribution < 1.29 is 24.1 Å². The number of hydrogen-bond donors (Lipinski definition) is 1. The fourth-order valence-electron chi connectivity index (χ4n) is 1.42. The van der Waals surface area contributed by atoms with E-state index in [-0.39, 0.29) is 0 Å². The van der Waals surface area contributed by atoms with Crippen molar-refractivity contribution in [2.45, 2.75) is 45.6 Å². The maximum Gasteiger partial charge on any atom is 0.101 e. The summed E-state index contributed by atoms with van der Waals surface area (Å²) in [5.74, 6) is 0. The lowest BCUT2D eigenvalue weighted by molar-refractivity contribution is -0.0368. The number of aliphatic hydroxyl groups excluding tert-OH is 1. The lowest BCUT2D eigenvalue weighted by Gasteiger charge is -2.12. The van der Waals surface area contributed by atoms with Gasteiger partial charge in [-0.25, -0.2) is 0 Å². The molecule has 0 fully saturated rings. The molecule has 0 bridgehead atoms. The lowest BCUT2D eigenvalue weighted by atomic mass is 10.3. The molecule has 0 amide bonds. The van der Waals surface area contributed by atoms with Gasteiger partial charge in [0.1, 0.15) is 6.10 Å². The van der Waals surface area contributed by atoms with Crippen LogP contribution in [0.2, 0.25) is 0 Å². The molecule has 0 rings (SSSR count). The molecule has 5 heteroatoms. The third-order valence-electron chi connectivity index (χ3n) is 2.65. The fourth-order valence-corrected chi connectivity index (χ4v) is 1.42. The number of aliphatic hydroxyl groups is 1. The molecule has 1 N–H and O–H groups in total. The molecule has 0 aliphatic carbocycles. The van der Waals surface area contributed by atoms with E-state index in [1.54, 1.807) is 0 Å². The first-order chi connectivity index (χ1) is 9.81. The highest BCUT2D eigenvalue weighted by Gasteiger charge is 2.03. The van der Waals surface area contributed by atoms with Crippen LogP contribution in [-0.2, 0) is 18.9 Å². The average Bonchev–Trinajstić information content (AvgIpc) is 2.45. The van der Waals surface area contributed by atoms with Gasteiger partial charge < -0.3 is 24.1 Å². The van der Waals surface area contributed by atoms with Gasteiger partial charge in [0.2, 0.25) is 0 Å². The summed E-state index contributed by atoms with van der Waals surface area (Å²) in [6.45, 7) is 8.63. The van der Waals surface area contributed by atoms with E-state index < -0.39 is 6.10 Å². The normalized spacial score (nSPS) is 12.8.